The fourth-order valence-electron chi connectivity index (χ4n) is 3.67. The van der Waals surface area contributed by atoms with Gasteiger partial charge >= 0.3 is 0 Å². The van der Waals surface area contributed by atoms with Crippen LogP contribution in [0.1, 0.15) is 35.8 Å². The summed E-state index contributed by atoms with van der Waals surface area (Å²) in [7, 11) is 1.90. The molecule has 0 spiro atoms. The Kier molecular flexibility index (Phi) is 6.47. The lowest BCUT2D eigenvalue weighted by molar-refractivity contribution is -0.892. The number of likely N-dealkylation sites (N-methyl/N-ethyl adjacent to an activating group) is 1. The number of ketones is 1. The molecular formula is C23H30N3O2+. The number of Topliss-reactive ketones (excluding diaryl/α,β-unsaturated/α-hetero) is 1. The summed E-state index contributed by atoms with van der Waals surface area (Å²) in [5.41, 5.74) is 3.05. The van der Waals surface area contributed by atoms with Crippen molar-refractivity contribution < 1.29 is 14.5 Å². The molecule has 1 heterocycles. The molecule has 28 heavy (non-hydrogen) atoms. The van der Waals surface area contributed by atoms with Crippen LogP contribution in [0.25, 0.3) is 0 Å². The molecule has 1 amide bonds. The summed E-state index contributed by atoms with van der Waals surface area (Å²) in [6.45, 7) is 7.90. The molecule has 1 saturated heterocycles. The predicted molar refractivity (Wildman–Crippen MR) is 112 cm³/mol. The summed E-state index contributed by atoms with van der Waals surface area (Å²) in [4.78, 5) is 29.7. The third-order valence-electron chi connectivity index (χ3n) is 5.77. The number of nitrogens with zero attached hydrogens (tertiary/aromatic N) is 2. The zero-order valence-electron chi connectivity index (χ0n) is 17.0. The molecular weight excluding hydrogens is 350 g/mol. The van der Waals surface area contributed by atoms with E-state index in [1.54, 1.807) is 6.92 Å². The minimum Gasteiger partial charge on any atom is -0.360 e. The smallest absolute Gasteiger partial charge is 0.278 e. The number of benzene rings is 2. The fraction of sp³-hybridized carbons (Fsp3) is 0.391. The molecule has 0 bridgehead atoms. The van der Waals surface area contributed by atoms with Crippen LogP contribution < -0.4 is 9.80 Å². The first-order valence-electron chi connectivity index (χ1n) is 9.96. The maximum Gasteiger partial charge on any atom is 0.278 e. The van der Waals surface area contributed by atoms with Crippen molar-refractivity contribution in [2.75, 3.05) is 44.7 Å². The maximum atomic E-state index is 12.7. The van der Waals surface area contributed by atoms with Crippen LogP contribution in [-0.4, -0.2) is 56.4 Å². The van der Waals surface area contributed by atoms with Crippen molar-refractivity contribution in [3.63, 3.8) is 0 Å². The van der Waals surface area contributed by atoms with E-state index < -0.39 is 0 Å². The SMILES string of the molecule is CC(=O)c1ccc(N2CC[NH+](CC(=O)N(C)[C@H](C)c3ccccc3)CC2)cc1. The van der Waals surface area contributed by atoms with Gasteiger partial charge in [-0.15, -0.1) is 0 Å². The van der Waals surface area contributed by atoms with Gasteiger partial charge in [0.2, 0.25) is 0 Å². The van der Waals surface area contributed by atoms with Crippen molar-refractivity contribution >= 4 is 17.4 Å². The van der Waals surface area contributed by atoms with Crippen LogP contribution in [0.4, 0.5) is 5.69 Å². The highest BCUT2D eigenvalue weighted by atomic mass is 16.2. The van der Waals surface area contributed by atoms with E-state index in [-0.39, 0.29) is 17.7 Å². The molecule has 1 aliphatic rings. The Hall–Kier alpha value is -2.66. The lowest BCUT2D eigenvalue weighted by Crippen LogP contribution is -3.15. The molecule has 5 nitrogen and oxygen atoms in total. The van der Waals surface area contributed by atoms with Crippen molar-refractivity contribution in [3.8, 4) is 0 Å². The van der Waals surface area contributed by atoms with E-state index in [0.717, 1.165) is 43.0 Å². The minimum atomic E-state index is 0.0779. The van der Waals surface area contributed by atoms with Gasteiger partial charge in [0.25, 0.3) is 5.91 Å². The van der Waals surface area contributed by atoms with Gasteiger partial charge < -0.3 is 14.7 Å². The Balaban J connectivity index is 1.51. The number of rotatable bonds is 6. The average molecular weight is 381 g/mol. The van der Waals surface area contributed by atoms with Gasteiger partial charge in [-0.25, -0.2) is 0 Å². The molecule has 0 aliphatic carbocycles. The highest BCUT2D eigenvalue weighted by Crippen LogP contribution is 2.18. The summed E-state index contributed by atoms with van der Waals surface area (Å²) >= 11 is 0. The number of anilines is 1. The number of nitrogens with one attached hydrogen (secondary N) is 1. The quantitative estimate of drug-likeness (QED) is 0.778. The number of carbonyl (C=O) groups excluding carboxylic acids is 2. The van der Waals surface area contributed by atoms with Gasteiger partial charge in [-0.3, -0.25) is 9.59 Å². The number of amides is 1. The van der Waals surface area contributed by atoms with Gasteiger partial charge in [0.1, 0.15) is 0 Å². The molecule has 2 aromatic rings. The Labute approximate surface area is 167 Å². The lowest BCUT2D eigenvalue weighted by Gasteiger charge is -2.34. The maximum absolute atomic E-state index is 12.7. The summed E-state index contributed by atoms with van der Waals surface area (Å²) < 4.78 is 0. The van der Waals surface area contributed by atoms with Crippen LogP contribution >= 0.6 is 0 Å². The second kappa shape index (κ2) is 9.02. The van der Waals surface area contributed by atoms with E-state index in [9.17, 15) is 9.59 Å². The number of piperazine rings is 1. The van der Waals surface area contributed by atoms with Gasteiger partial charge in [0.05, 0.1) is 32.2 Å². The molecule has 0 unspecified atom stereocenters. The van der Waals surface area contributed by atoms with Crippen molar-refractivity contribution in [1.82, 2.24) is 4.90 Å². The molecule has 1 atom stereocenters. The van der Waals surface area contributed by atoms with E-state index >= 15 is 0 Å². The molecule has 0 aromatic heterocycles. The summed E-state index contributed by atoms with van der Waals surface area (Å²) in [6, 6.07) is 18.0. The van der Waals surface area contributed by atoms with Crippen LogP contribution in [-0.2, 0) is 4.79 Å². The second-order valence-electron chi connectivity index (χ2n) is 7.61. The standard InChI is InChI=1S/C23H29N3O2/c1-18(20-7-5-4-6-8-20)24(3)23(28)17-25-13-15-26(16-14-25)22-11-9-21(10-12-22)19(2)27/h4-12,18H,13-17H2,1-3H3/p+1/t18-/m1/s1. The minimum absolute atomic E-state index is 0.0779. The van der Waals surface area contributed by atoms with E-state index in [1.807, 2.05) is 54.4 Å². The van der Waals surface area contributed by atoms with Crippen LogP contribution in [0.2, 0.25) is 0 Å². The van der Waals surface area contributed by atoms with E-state index in [2.05, 4.69) is 24.0 Å². The first-order valence-corrected chi connectivity index (χ1v) is 9.96. The largest absolute Gasteiger partial charge is 0.360 e. The van der Waals surface area contributed by atoms with E-state index in [1.165, 1.54) is 4.90 Å². The summed E-state index contributed by atoms with van der Waals surface area (Å²) in [5, 5.41) is 0. The number of hydrogen-bond acceptors (Lipinski definition) is 3. The normalized spacial score (nSPS) is 15.9. The van der Waals surface area contributed by atoms with Crippen molar-refractivity contribution in [2.24, 2.45) is 0 Å². The van der Waals surface area contributed by atoms with Gasteiger partial charge in [-0.2, -0.15) is 0 Å². The molecule has 2 aromatic carbocycles. The van der Waals surface area contributed by atoms with Crippen LogP contribution in [0.5, 0.6) is 0 Å². The fourth-order valence-corrected chi connectivity index (χ4v) is 3.67. The predicted octanol–water partition coefficient (Wildman–Crippen LogP) is 1.81. The Morgan fingerprint density at radius 1 is 1.04 bits per heavy atom. The first-order chi connectivity index (χ1) is 13.5. The van der Waals surface area contributed by atoms with Crippen molar-refractivity contribution in [2.45, 2.75) is 19.9 Å². The molecule has 0 saturated carbocycles. The van der Waals surface area contributed by atoms with E-state index in [0.29, 0.717) is 6.54 Å². The first kappa shape index (κ1) is 20.1. The lowest BCUT2D eigenvalue weighted by atomic mass is 10.1. The topological polar surface area (TPSA) is 45.1 Å². The monoisotopic (exact) mass is 380 g/mol. The van der Waals surface area contributed by atoms with E-state index in [4.69, 9.17) is 0 Å². The molecule has 148 valence electrons. The summed E-state index contributed by atoms with van der Waals surface area (Å²) in [6.07, 6.45) is 0. The number of carbonyl (C=O) groups is 2. The van der Waals surface area contributed by atoms with Gasteiger partial charge in [0, 0.05) is 18.3 Å². The molecule has 5 heteroatoms. The number of quaternary nitrogens is 1. The van der Waals surface area contributed by atoms with Crippen molar-refractivity contribution in [3.05, 3.63) is 65.7 Å². The van der Waals surface area contributed by atoms with Crippen molar-refractivity contribution in [1.29, 1.82) is 0 Å². The average Bonchev–Trinajstić information content (AvgIpc) is 2.74. The molecule has 3 rings (SSSR count). The second-order valence-corrected chi connectivity index (χ2v) is 7.61. The summed E-state index contributed by atoms with van der Waals surface area (Å²) in [5.74, 6) is 0.277. The van der Waals surface area contributed by atoms with Gasteiger partial charge in [0.15, 0.2) is 12.3 Å². The Morgan fingerprint density at radius 3 is 2.21 bits per heavy atom. The Bertz CT molecular complexity index is 796. The van der Waals surface area contributed by atoms with Gasteiger partial charge in [-0.05, 0) is 43.7 Å². The van der Waals surface area contributed by atoms with Crippen LogP contribution in [0.15, 0.2) is 54.6 Å². The molecule has 1 N–H and O–H groups in total. The number of hydrogen-bond donors (Lipinski definition) is 1. The van der Waals surface area contributed by atoms with Crippen LogP contribution in [0, 0.1) is 0 Å². The third-order valence-corrected chi connectivity index (χ3v) is 5.77. The highest BCUT2D eigenvalue weighted by Gasteiger charge is 2.25. The zero-order valence-corrected chi connectivity index (χ0v) is 17.0. The molecule has 1 fully saturated rings. The highest BCUT2D eigenvalue weighted by molar-refractivity contribution is 5.94. The molecule has 1 aliphatic heterocycles. The third kappa shape index (κ3) is 4.78. The van der Waals surface area contributed by atoms with Gasteiger partial charge in [-0.1, -0.05) is 30.3 Å². The Morgan fingerprint density at radius 2 is 1.64 bits per heavy atom. The molecule has 0 radical (unpaired) electrons. The van der Waals surface area contributed by atoms with Crippen LogP contribution in [0.3, 0.4) is 0 Å². The zero-order chi connectivity index (χ0) is 20.1.